The van der Waals surface area contributed by atoms with Crippen molar-refractivity contribution in [1.82, 2.24) is 0 Å². The van der Waals surface area contributed by atoms with Crippen LogP contribution in [0.25, 0.3) is 0 Å². The first-order chi connectivity index (χ1) is 4.91. The zero-order valence-corrected chi connectivity index (χ0v) is 7.68. The van der Waals surface area contributed by atoms with E-state index >= 15 is 0 Å². The molecule has 0 saturated heterocycles. The number of hydrogen-bond donors (Lipinski definition) is 0. The zero-order valence-electron chi connectivity index (χ0n) is 6.50. The summed E-state index contributed by atoms with van der Waals surface area (Å²) in [6.07, 6.45) is 0.722. The molecule has 12 heavy (non-hydrogen) atoms. The van der Waals surface area contributed by atoms with Crippen LogP contribution in [0, 0.1) is 0 Å². The summed E-state index contributed by atoms with van der Waals surface area (Å²) in [6.45, 7) is 7.38. The average Bonchev–Trinajstić information content (AvgIpc) is 1.89. The molecule has 0 aromatic rings. The predicted octanol–water partition coefficient (Wildman–Crippen LogP) is -1.77. The van der Waals surface area contributed by atoms with Crippen LogP contribution in [-0.4, -0.2) is 11.9 Å². The van der Waals surface area contributed by atoms with E-state index < -0.39 is 11.9 Å². The summed E-state index contributed by atoms with van der Waals surface area (Å²) in [5.41, 5.74) is 0.0648. The van der Waals surface area contributed by atoms with E-state index in [-0.39, 0.29) is 22.6 Å². The predicted molar refractivity (Wildman–Crippen MR) is 35.0 cm³/mol. The van der Waals surface area contributed by atoms with Gasteiger partial charge in [0.05, 0.1) is 11.9 Å². The van der Waals surface area contributed by atoms with E-state index in [0.717, 1.165) is 6.08 Å². The van der Waals surface area contributed by atoms with Gasteiger partial charge in [0.25, 0.3) is 0 Å². The largest absolute Gasteiger partial charge is 2.00 e. The molecule has 0 heterocycles. The number of hydrogen-bond acceptors (Lipinski definition) is 4. The van der Waals surface area contributed by atoms with E-state index in [1.54, 1.807) is 0 Å². The van der Waals surface area contributed by atoms with Crippen LogP contribution in [0.15, 0.2) is 24.8 Å². The quantitative estimate of drug-likeness (QED) is 0.400. The van der Waals surface area contributed by atoms with Crippen molar-refractivity contribution in [3.63, 3.8) is 0 Å². The summed E-state index contributed by atoms with van der Waals surface area (Å²) in [5, 5.41) is 18.6. The van der Waals surface area contributed by atoms with Gasteiger partial charge in [-0.25, -0.2) is 0 Å². The van der Waals surface area contributed by atoms with Gasteiger partial charge >= 0.3 is 17.1 Å². The van der Waals surface area contributed by atoms with Crippen molar-refractivity contribution in [2.75, 3.05) is 0 Å². The number of carbonyl (C=O) groups excluding carboxylic acids is 2. The van der Waals surface area contributed by atoms with Crippen molar-refractivity contribution < 1.29 is 36.9 Å². The summed E-state index contributed by atoms with van der Waals surface area (Å²) in [7, 11) is 0. The molecule has 0 aliphatic carbocycles. The number of carbonyl (C=O) groups is 2. The minimum Gasteiger partial charge on any atom is -0.545 e. The fraction of sp³-hybridized carbons (Fsp3) is 0.143. The Morgan fingerprint density at radius 3 is 1.50 bits per heavy atom. The van der Waals surface area contributed by atoms with E-state index in [1.807, 2.05) is 0 Å². The maximum Gasteiger partial charge on any atom is 2.00 e. The average molecular weight is 211 g/mol. The first-order valence-electron chi connectivity index (χ1n) is 2.62. The first-order valence-corrected chi connectivity index (χ1v) is 2.62. The molecule has 0 saturated carbocycles. The Labute approximate surface area is 81.1 Å². The van der Waals surface area contributed by atoms with Gasteiger partial charge in [-0.2, -0.15) is 0 Å². The van der Waals surface area contributed by atoms with Crippen molar-refractivity contribution in [2.24, 2.45) is 0 Å². The smallest absolute Gasteiger partial charge is 0.545 e. The number of carboxylic acid groups (broad SMARTS) is 2. The van der Waals surface area contributed by atoms with Crippen molar-refractivity contribution in [1.29, 1.82) is 0 Å². The third-order valence-corrected chi connectivity index (χ3v) is 0.515. The van der Waals surface area contributed by atoms with Crippen molar-refractivity contribution in [2.45, 2.75) is 6.92 Å². The van der Waals surface area contributed by atoms with E-state index in [1.165, 1.54) is 6.92 Å². The molecule has 0 unspecified atom stereocenters. The molecule has 0 aliphatic rings. The van der Waals surface area contributed by atoms with E-state index in [2.05, 4.69) is 13.2 Å². The molecule has 0 aromatic carbocycles. The molecule has 0 N–H and O–H groups in total. The number of aliphatic carboxylic acids is 2. The van der Waals surface area contributed by atoms with Crippen LogP contribution in [0.2, 0.25) is 0 Å². The van der Waals surface area contributed by atoms with E-state index in [4.69, 9.17) is 9.90 Å². The van der Waals surface area contributed by atoms with Crippen LogP contribution >= 0.6 is 0 Å². The maximum atomic E-state index is 9.49. The van der Waals surface area contributed by atoms with Gasteiger partial charge in [0, 0.05) is 0 Å². The molecular formula is C7H8MnO4. The number of carboxylic acids is 2. The van der Waals surface area contributed by atoms with Crippen LogP contribution in [-0.2, 0) is 26.7 Å². The standard InChI is InChI=1S/C4H6O2.C3H4O2.Mn/c1-3(2)4(5)6;1-2-3(4)5;/h1H2,2H3,(H,5,6);2H,1H2,(H,4,5);/q;;+2/p-2. The summed E-state index contributed by atoms with van der Waals surface area (Å²) < 4.78 is 0. The van der Waals surface area contributed by atoms with E-state index in [9.17, 15) is 9.90 Å². The van der Waals surface area contributed by atoms with Crippen molar-refractivity contribution in [3.05, 3.63) is 24.8 Å². The van der Waals surface area contributed by atoms with Crippen molar-refractivity contribution >= 4 is 11.9 Å². The minimum absolute atomic E-state index is 0. The maximum absolute atomic E-state index is 9.49. The van der Waals surface area contributed by atoms with Crippen LogP contribution < -0.4 is 10.2 Å². The molecule has 67 valence electrons. The molecule has 0 bridgehead atoms. The van der Waals surface area contributed by atoms with Gasteiger partial charge in [-0.15, -0.1) is 0 Å². The minimum atomic E-state index is -1.23. The first kappa shape index (κ1) is 17.1. The molecule has 0 amide bonds. The molecule has 0 fully saturated rings. The molecule has 0 spiro atoms. The molecule has 0 atom stereocenters. The molecule has 1 radical (unpaired) electrons. The molecule has 4 nitrogen and oxygen atoms in total. The molecule has 0 aliphatic heterocycles. The second-order valence-electron chi connectivity index (χ2n) is 1.59. The van der Waals surface area contributed by atoms with Gasteiger partial charge in [-0.1, -0.05) is 13.2 Å². The van der Waals surface area contributed by atoms with Crippen LogP contribution in [0.3, 0.4) is 0 Å². The Hall–Kier alpha value is -1.06. The Kier molecular flexibility index (Phi) is 14.2. The van der Waals surface area contributed by atoms with Crippen LogP contribution in [0.4, 0.5) is 0 Å². The van der Waals surface area contributed by atoms with Gasteiger partial charge in [0.15, 0.2) is 0 Å². The topological polar surface area (TPSA) is 80.3 Å². The van der Waals surface area contributed by atoms with Gasteiger partial charge < -0.3 is 19.8 Å². The number of rotatable bonds is 2. The third-order valence-electron chi connectivity index (χ3n) is 0.515. The van der Waals surface area contributed by atoms with Crippen molar-refractivity contribution in [3.8, 4) is 0 Å². The monoisotopic (exact) mass is 211 g/mol. The molecule has 0 rings (SSSR count). The fourth-order valence-corrected chi connectivity index (χ4v) is 0. The van der Waals surface area contributed by atoms with Gasteiger partial charge in [-0.05, 0) is 18.6 Å². The van der Waals surface area contributed by atoms with Gasteiger partial charge in [0.1, 0.15) is 0 Å². The van der Waals surface area contributed by atoms with Gasteiger partial charge in [0.2, 0.25) is 0 Å². The summed E-state index contributed by atoms with van der Waals surface area (Å²) in [5.74, 6) is -2.42. The summed E-state index contributed by atoms with van der Waals surface area (Å²) >= 11 is 0. The second-order valence-corrected chi connectivity index (χ2v) is 1.59. The molecular weight excluding hydrogens is 203 g/mol. The van der Waals surface area contributed by atoms with E-state index in [0.29, 0.717) is 0 Å². The Balaban J connectivity index is -0.000000126. The van der Waals surface area contributed by atoms with Gasteiger partial charge in [-0.3, -0.25) is 0 Å². The Morgan fingerprint density at radius 2 is 1.50 bits per heavy atom. The SMILES string of the molecule is C=C(C)C(=O)[O-].C=CC(=O)[O-].[Mn+2]. The normalized spacial score (nSPS) is 6.42. The van der Waals surface area contributed by atoms with Crippen LogP contribution in [0.5, 0.6) is 0 Å². The second kappa shape index (κ2) is 9.94. The third kappa shape index (κ3) is 23.1. The fourth-order valence-electron chi connectivity index (χ4n) is 0. The Morgan fingerprint density at radius 1 is 1.33 bits per heavy atom. The zero-order chi connectivity index (χ0) is 9.44. The van der Waals surface area contributed by atoms with Crippen LogP contribution in [0.1, 0.15) is 6.92 Å². The molecule has 5 heteroatoms. The Bertz CT molecular complexity index is 174. The summed E-state index contributed by atoms with van der Waals surface area (Å²) in [6, 6.07) is 0. The molecule has 0 aromatic heterocycles. The summed E-state index contributed by atoms with van der Waals surface area (Å²) in [4.78, 5) is 18.6.